The molecule has 1 N–H and O–H groups in total. The van der Waals surface area contributed by atoms with Crippen molar-refractivity contribution < 1.29 is 9.13 Å². The SMILES string of the molecule is Fc1ccc(-c2cncc(CNCCOc3ccc4ccncc4c3)c2)cc1. The Bertz CT molecular complexity index is 1070. The maximum Gasteiger partial charge on any atom is 0.123 e. The third-order valence-corrected chi connectivity index (χ3v) is 4.46. The van der Waals surface area contributed by atoms with Crippen molar-refractivity contribution in [3.8, 4) is 16.9 Å². The second-order valence-electron chi connectivity index (χ2n) is 6.50. The van der Waals surface area contributed by atoms with Gasteiger partial charge in [0.25, 0.3) is 0 Å². The number of hydrogen-bond acceptors (Lipinski definition) is 4. The average Bonchev–Trinajstić information content (AvgIpc) is 2.74. The topological polar surface area (TPSA) is 47.0 Å². The smallest absolute Gasteiger partial charge is 0.123 e. The van der Waals surface area contributed by atoms with Crippen LogP contribution in [0.3, 0.4) is 0 Å². The van der Waals surface area contributed by atoms with Gasteiger partial charge in [0.15, 0.2) is 0 Å². The molecule has 2 aromatic heterocycles. The van der Waals surface area contributed by atoms with Gasteiger partial charge in [-0.25, -0.2) is 4.39 Å². The lowest BCUT2D eigenvalue weighted by Crippen LogP contribution is -2.20. The van der Waals surface area contributed by atoms with Gasteiger partial charge in [-0.15, -0.1) is 0 Å². The Morgan fingerprint density at radius 3 is 2.61 bits per heavy atom. The van der Waals surface area contributed by atoms with Crippen LogP contribution in [0.15, 0.2) is 79.4 Å². The lowest BCUT2D eigenvalue weighted by molar-refractivity contribution is 0.314. The Kier molecular flexibility index (Phi) is 5.54. The predicted molar refractivity (Wildman–Crippen MR) is 109 cm³/mol. The van der Waals surface area contributed by atoms with Gasteiger partial charge in [0.1, 0.15) is 18.2 Å². The zero-order chi connectivity index (χ0) is 19.2. The molecule has 0 fully saturated rings. The lowest BCUT2D eigenvalue weighted by atomic mass is 10.1. The van der Waals surface area contributed by atoms with Crippen LogP contribution in [0.2, 0.25) is 0 Å². The van der Waals surface area contributed by atoms with E-state index in [1.54, 1.807) is 24.5 Å². The molecule has 28 heavy (non-hydrogen) atoms. The highest BCUT2D eigenvalue weighted by Crippen LogP contribution is 2.20. The molecule has 0 amide bonds. The molecule has 0 saturated heterocycles. The van der Waals surface area contributed by atoms with Gasteiger partial charge in [-0.2, -0.15) is 0 Å². The summed E-state index contributed by atoms with van der Waals surface area (Å²) in [5.41, 5.74) is 2.99. The summed E-state index contributed by atoms with van der Waals surface area (Å²) in [6, 6.07) is 16.5. The monoisotopic (exact) mass is 373 g/mol. The Morgan fingerprint density at radius 1 is 0.821 bits per heavy atom. The summed E-state index contributed by atoms with van der Waals surface area (Å²) < 4.78 is 18.9. The van der Waals surface area contributed by atoms with Crippen LogP contribution in [0.4, 0.5) is 4.39 Å². The van der Waals surface area contributed by atoms with E-state index in [2.05, 4.69) is 21.4 Å². The van der Waals surface area contributed by atoms with Gasteiger partial charge in [0, 0.05) is 48.8 Å². The van der Waals surface area contributed by atoms with Gasteiger partial charge in [0.05, 0.1) is 0 Å². The fourth-order valence-electron chi connectivity index (χ4n) is 3.01. The number of aromatic nitrogens is 2. The van der Waals surface area contributed by atoms with Crippen LogP contribution < -0.4 is 10.1 Å². The molecule has 140 valence electrons. The largest absolute Gasteiger partial charge is 0.492 e. The Balaban J connectivity index is 1.28. The lowest BCUT2D eigenvalue weighted by Gasteiger charge is -2.09. The van der Waals surface area contributed by atoms with Crippen molar-refractivity contribution in [1.82, 2.24) is 15.3 Å². The first-order valence-corrected chi connectivity index (χ1v) is 9.15. The minimum Gasteiger partial charge on any atom is -0.492 e. The molecule has 4 nitrogen and oxygen atoms in total. The van der Waals surface area contributed by atoms with E-state index >= 15 is 0 Å². The van der Waals surface area contributed by atoms with E-state index in [0.717, 1.165) is 33.2 Å². The molecule has 0 aliphatic heterocycles. The summed E-state index contributed by atoms with van der Waals surface area (Å²) in [5.74, 6) is 0.597. The van der Waals surface area contributed by atoms with E-state index in [4.69, 9.17) is 4.74 Å². The molecule has 5 heteroatoms. The minimum absolute atomic E-state index is 0.239. The molecule has 0 aliphatic carbocycles. The molecule has 0 bridgehead atoms. The average molecular weight is 373 g/mol. The Labute approximate surface area is 163 Å². The van der Waals surface area contributed by atoms with Crippen molar-refractivity contribution in [3.05, 3.63) is 90.8 Å². The molecule has 0 aliphatic rings. The predicted octanol–water partition coefficient (Wildman–Crippen LogP) is 4.60. The summed E-state index contributed by atoms with van der Waals surface area (Å²) in [4.78, 5) is 8.43. The fourth-order valence-corrected chi connectivity index (χ4v) is 3.01. The molecule has 4 aromatic rings. The van der Waals surface area contributed by atoms with Crippen LogP contribution in [0.1, 0.15) is 5.56 Å². The fraction of sp³-hybridized carbons (Fsp3) is 0.130. The number of ether oxygens (including phenoxy) is 1. The second kappa shape index (κ2) is 8.59. The van der Waals surface area contributed by atoms with E-state index in [0.29, 0.717) is 19.7 Å². The van der Waals surface area contributed by atoms with Crippen molar-refractivity contribution in [3.63, 3.8) is 0 Å². The number of benzene rings is 2. The quantitative estimate of drug-likeness (QED) is 0.481. The van der Waals surface area contributed by atoms with Crippen molar-refractivity contribution in [2.45, 2.75) is 6.54 Å². The van der Waals surface area contributed by atoms with E-state index in [9.17, 15) is 4.39 Å². The number of nitrogens with one attached hydrogen (secondary N) is 1. The van der Waals surface area contributed by atoms with Crippen molar-refractivity contribution >= 4 is 10.8 Å². The molecule has 0 atom stereocenters. The van der Waals surface area contributed by atoms with Crippen molar-refractivity contribution in [1.29, 1.82) is 0 Å². The first kappa shape index (κ1) is 18.1. The van der Waals surface area contributed by atoms with Crippen molar-refractivity contribution in [2.75, 3.05) is 13.2 Å². The van der Waals surface area contributed by atoms with Crippen LogP contribution in [-0.4, -0.2) is 23.1 Å². The van der Waals surface area contributed by atoms with Crippen LogP contribution in [0.25, 0.3) is 21.9 Å². The van der Waals surface area contributed by atoms with Gasteiger partial charge in [-0.3, -0.25) is 9.97 Å². The summed E-state index contributed by atoms with van der Waals surface area (Å²) in [6.07, 6.45) is 7.24. The summed E-state index contributed by atoms with van der Waals surface area (Å²) in [5, 5.41) is 5.57. The highest BCUT2D eigenvalue weighted by molar-refractivity contribution is 5.82. The zero-order valence-electron chi connectivity index (χ0n) is 15.3. The third-order valence-electron chi connectivity index (χ3n) is 4.46. The molecule has 2 heterocycles. The maximum absolute atomic E-state index is 13.1. The van der Waals surface area contributed by atoms with Crippen molar-refractivity contribution in [2.24, 2.45) is 0 Å². The highest BCUT2D eigenvalue weighted by atomic mass is 19.1. The molecule has 2 aromatic carbocycles. The van der Waals surface area contributed by atoms with E-state index in [1.165, 1.54) is 12.1 Å². The van der Waals surface area contributed by atoms with Gasteiger partial charge in [-0.1, -0.05) is 18.2 Å². The van der Waals surface area contributed by atoms with Crippen LogP contribution in [0.5, 0.6) is 5.75 Å². The van der Waals surface area contributed by atoms with E-state index in [-0.39, 0.29) is 5.82 Å². The standard InChI is InChI=1S/C23H20FN3O/c24-22-4-1-18(2-5-22)20-11-17(14-27-16-20)13-26-9-10-28-23-6-3-19-7-8-25-15-21(19)12-23/h1-8,11-12,14-16,26H,9-10,13H2. The van der Waals surface area contributed by atoms with Gasteiger partial charge in [0.2, 0.25) is 0 Å². The van der Waals surface area contributed by atoms with Crippen LogP contribution in [-0.2, 0) is 6.54 Å². The van der Waals surface area contributed by atoms with E-state index in [1.807, 2.05) is 36.7 Å². The number of rotatable bonds is 7. The minimum atomic E-state index is -0.239. The first-order valence-electron chi connectivity index (χ1n) is 9.15. The number of pyridine rings is 2. The van der Waals surface area contributed by atoms with Crippen LogP contribution in [0, 0.1) is 5.82 Å². The Morgan fingerprint density at radius 2 is 1.71 bits per heavy atom. The normalized spacial score (nSPS) is 10.9. The van der Waals surface area contributed by atoms with Gasteiger partial charge >= 0.3 is 0 Å². The van der Waals surface area contributed by atoms with E-state index < -0.39 is 0 Å². The summed E-state index contributed by atoms with van der Waals surface area (Å²) in [7, 11) is 0. The molecular formula is C23H20FN3O. The molecule has 4 rings (SSSR count). The number of hydrogen-bond donors (Lipinski definition) is 1. The molecule has 0 unspecified atom stereocenters. The van der Waals surface area contributed by atoms with Gasteiger partial charge in [-0.05, 0) is 52.9 Å². The molecule has 0 saturated carbocycles. The number of halogens is 1. The maximum atomic E-state index is 13.1. The number of fused-ring (bicyclic) bond motifs is 1. The first-order chi connectivity index (χ1) is 13.8. The number of nitrogens with zero attached hydrogens (tertiary/aromatic N) is 2. The Hall–Kier alpha value is -3.31. The zero-order valence-corrected chi connectivity index (χ0v) is 15.3. The van der Waals surface area contributed by atoms with Crippen LogP contribution >= 0.6 is 0 Å². The highest BCUT2D eigenvalue weighted by Gasteiger charge is 2.02. The summed E-state index contributed by atoms with van der Waals surface area (Å²) in [6.45, 7) is 1.97. The third kappa shape index (κ3) is 4.50. The van der Waals surface area contributed by atoms with Gasteiger partial charge < -0.3 is 10.1 Å². The molecule has 0 radical (unpaired) electrons. The summed E-state index contributed by atoms with van der Waals surface area (Å²) >= 11 is 0. The molecular weight excluding hydrogens is 353 g/mol. The second-order valence-corrected chi connectivity index (χ2v) is 6.50. The molecule has 0 spiro atoms.